The molecule has 6 heteroatoms. The summed E-state index contributed by atoms with van der Waals surface area (Å²) in [4.78, 5) is 17.0. The van der Waals surface area contributed by atoms with E-state index in [4.69, 9.17) is 9.97 Å². The Hall–Kier alpha value is -3.22. The first kappa shape index (κ1) is 27.0. The van der Waals surface area contributed by atoms with Gasteiger partial charge in [0, 0.05) is 16.6 Å². The molecular weight excluding hydrogens is 624 g/mol. The zero-order valence-electron chi connectivity index (χ0n) is 23.6. The molecule has 0 fully saturated rings. The number of H-pyrrole nitrogens is 2. The Morgan fingerprint density at radius 2 is 1.20 bits per heavy atom. The molecule has 2 aliphatic rings. The van der Waals surface area contributed by atoms with Crippen molar-refractivity contribution in [3.05, 3.63) is 103 Å². The highest BCUT2D eigenvalue weighted by Crippen LogP contribution is 2.39. The summed E-state index contributed by atoms with van der Waals surface area (Å²) >= 11 is 7.69. The highest BCUT2D eigenvalue weighted by molar-refractivity contribution is 9.11. The van der Waals surface area contributed by atoms with Crippen LogP contribution in [0.5, 0.6) is 0 Å². The minimum atomic E-state index is 0.0155. The monoisotopic (exact) mass is 654 g/mol. The van der Waals surface area contributed by atoms with Gasteiger partial charge in [0.1, 0.15) is 0 Å². The van der Waals surface area contributed by atoms with E-state index in [1.165, 1.54) is 16.7 Å². The van der Waals surface area contributed by atoms with Crippen LogP contribution in [-0.4, -0.2) is 19.9 Å². The van der Waals surface area contributed by atoms with Crippen LogP contribution in [0.25, 0.3) is 45.9 Å². The van der Waals surface area contributed by atoms with Crippen molar-refractivity contribution in [2.45, 2.75) is 52.4 Å². The van der Waals surface area contributed by atoms with Gasteiger partial charge in [-0.3, -0.25) is 0 Å². The second-order valence-corrected chi connectivity index (χ2v) is 14.2. The van der Waals surface area contributed by atoms with E-state index in [2.05, 4.69) is 144 Å². The molecule has 0 saturated heterocycles. The van der Waals surface area contributed by atoms with Crippen LogP contribution >= 0.6 is 31.9 Å². The second kappa shape index (κ2) is 9.71. The Morgan fingerprint density at radius 1 is 0.625 bits per heavy atom. The molecule has 4 nitrogen and oxygen atoms in total. The van der Waals surface area contributed by atoms with Crippen LogP contribution < -0.4 is 0 Å². The number of hydrogen-bond acceptors (Lipinski definition) is 2. The third-order valence-electron chi connectivity index (χ3n) is 7.36. The maximum absolute atomic E-state index is 5.16. The molecule has 40 heavy (non-hydrogen) atoms. The highest BCUT2D eigenvalue weighted by Gasteiger charge is 2.24. The largest absolute Gasteiger partial charge is 0.354 e. The number of rotatable bonds is 1. The van der Waals surface area contributed by atoms with Crippen molar-refractivity contribution in [1.29, 1.82) is 0 Å². The van der Waals surface area contributed by atoms with Gasteiger partial charge in [-0.05, 0) is 114 Å². The van der Waals surface area contributed by atoms with E-state index in [0.29, 0.717) is 0 Å². The molecule has 1 aromatic carbocycles. The van der Waals surface area contributed by atoms with Gasteiger partial charge in [0.2, 0.25) is 0 Å². The molecule has 6 rings (SSSR count). The zero-order valence-corrected chi connectivity index (χ0v) is 26.8. The fourth-order valence-corrected chi connectivity index (χ4v) is 5.95. The van der Waals surface area contributed by atoms with Gasteiger partial charge in [-0.2, -0.15) is 0 Å². The van der Waals surface area contributed by atoms with Crippen molar-refractivity contribution in [1.82, 2.24) is 19.9 Å². The smallest absolute Gasteiger partial charge is 0.0879 e. The molecule has 2 N–H and O–H groups in total. The summed E-state index contributed by atoms with van der Waals surface area (Å²) in [5.41, 5.74) is 12.4. The molecule has 0 aliphatic carbocycles. The van der Waals surface area contributed by atoms with Crippen molar-refractivity contribution < 1.29 is 0 Å². The summed E-state index contributed by atoms with van der Waals surface area (Å²) in [5.74, 6) is 0. The number of fused-ring (bicyclic) bond motifs is 8. The van der Waals surface area contributed by atoms with Gasteiger partial charge in [0.15, 0.2) is 0 Å². The Labute approximate surface area is 252 Å². The van der Waals surface area contributed by atoms with Crippen molar-refractivity contribution in [3.8, 4) is 0 Å². The summed E-state index contributed by atoms with van der Waals surface area (Å²) in [6, 6.07) is 19.5. The molecule has 202 valence electrons. The van der Waals surface area contributed by atoms with Gasteiger partial charge in [-0.1, -0.05) is 59.7 Å². The first-order chi connectivity index (χ1) is 18.8. The van der Waals surface area contributed by atoms with Gasteiger partial charge in [0.05, 0.1) is 42.8 Å². The van der Waals surface area contributed by atoms with E-state index in [0.717, 1.165) is 59.4 Å². The molecule has 5 heterocycles. The molecule has 0 saturated carbocycles. The molecule has 4 aromatic rings. The quantitative estimate of drug-likeness (QED) is 0.185. The molecule has 2 aliphatic heterocycles. The predicted octanol–water partition coefficient (Wildman–Crippen LogP) is 10.2. The van der Waals surface area contributed by atoms with Crippen LogP contribution in [0, 0.1) is 0 Å². The van der Waals surface area contributed by atoms with Crippen LogP contribution in [0.2, 0.25) is 0 Å². The van der Waals surface area contributed by atoms with E-state index >= 15 is 0 Å². The van der Waals surface area contributed by atoms with Crippen LogP contribution in [0.1, 0.15) is 81.0 Å². The average Bonchev–Trinajstić information content (AvgIpc) is 3.69. The molecule has 0 unspecified atom stereocenters. The van der Waals surface area contributed by atoms with E-state index in [1.54, 1.807) is 0 Å². The molecule has 8 bridgehead atoms. The lowest BCUT2D eigenvalue weighted by molar-refractivity contribution is 0.568. The Morgan fingerprint density at radius 3 is 1.80 bits per heavy atom. The van der Waals surface area contributed by atoms with Gasteiger partial charge >= 0.3 is 0 Å². The normalized spacial score (nSPS) is 13.6. The summed E-state index contributed by atoms with van der Waals surface area (Å²) in [5, 5.41) is 0. The van der Waals surface area contributed by atoms with Crippen LogP contribution in [-0.2, 0) is 10.8 Å². The van der Waals surface area contributed by atoms with Crippen LogP contribution in [0.3, 0.4) is 0 Å². The third-order valence-corrected chi connectivity index (χ3v) is 8.99. The minimum absolute atomic E-state index is 0.0155. The molecule has 0 spiro atoms. The lowest BCUT2D eigenvalue weighted by Gasteiger charge is -2.26. The van der Waals surface area contributed by atoms with E-state index in [-0.39, 0.29) is 10.8 Å². The van der Waals surface area contributed by atoms with Crippen molar-refractivity contribution in [3.63, 3.8) is 0 Å². The molecule has 0 amide bonds. The standard InChI is InChI=1S/C34H32Br2N4/c1-33(2,3)20-13-19(14-21(15-20)34(4,5)6)26-18-25-17-24-8-11-28(38-24)30(35)27-10-7-22(37-27)16-23-9-12-29(39-23)31(36)32(26)40-25/h7-18,38-39H,1-6H3. The van der Waals surface area contributed by atoms with Gasteiger partial charge < -0.3 is 9.97 Å². The number of halogens is 2. The van der Waals surface area contributed by atoms with Gasteiger partial charge in [-0.15, -0.1) is 0 Å². The Balaban J connectivity index is 1.67. The second-order valence-electron chi connectivity index (χ2n) is 12.6. The van der Waals surface area contributed by atoms with E-state index in [9.17, 15) is 0 Å². The Bertz CT molecular complexity index is 1860. The third kappa shape index (κ3) is 5.15. The number of benzene rings is 1. The fourth-order valence-electron chi connectivity index (χ4n) is 4.96. The Kier molecular flexibility index (Phi) is 6.54. The summed E-state index contributed by atoms with van der Waals surface area (Å²) in [6.07, 6.45) is 6.25. The van der Waals surface area contributed by atoms with Gasteiger partial charge in [-0.25, -0.2) is 9.97 Å². The summed E-state index contributed by atoms with van der Waals surface area (Å²) in [7, 11) is 0. The first-order valence-corrected chi connectivity index (χ1v) is 15.1. The maximum Gasteiger partial charge on any atom is 0.0879 e. The molecular formula is C34H32Br2N4. The number of nitrogens with one attached hydrogen (secondary N) is 2. The molecule has 0 atom stereocenters. The molecule has 0 radical (unpaired) electrons. The van der Waals surface area contributed by atoms with Crippen LogP contribution in [0.4, 0.5) is 0 Å². The van der Waals surface area contributed by atoms with Crippen molar-refractivity contribution in [2.24, 2.45) is 0 Å². The van der Waals surface area contributed by atoms with E-state index in [1.807, 2.05) is 12.2 Å². The highest BCUT2D eigenvalue weighted by atomic mass is 79.9. The predicted molar refractivity (Wildman–Crippen MR) is 176 cm³/mol. The zero-order chi connectivity index (χ0) is 28.4. The lowest BCUT2D eigenvalue weighted by atomic mass is 9.78. The number of aromatic amines is 2. The maximum atomic E-state index is 5.16. The lowest BCUT2D eigenvalue weighted by Crippen LogP contribution is -2.17. The number of nitrogens with zero attached hydrogens (tertiary/aromatic N) is 2. The number of aromatic nitrogens is 4. The first-order valence-electron chi connectivity index (χ1n) is 13.5. The molecule has 3 aromatic heterocycles. The van der Waals surface area contributed by atoms with E-state index < -0.39 is 0 Å². The van der Waals surface area contributed by atoms with Crippen molar-refractivity contribution >= 4 is 77.7 Å². The average molecular weight is 656 g/mol. The van der Waals surface area contributed by atoms with Crippen molar-refractivity contribution in [2.75, 3.05) is 0 Å². The topological polar surface area (TPSA) is 57.4 Å². The summed E-state index contributed by atoms with van der Waals surface area (Å²) in [6.45, 7) is 13.6. The SMILES string of the molecule is CC(C)(C)c1cc(C2=Cc3cc4ccc([nH]4)c(Br)c4nc(cc5ccc([nH]5)c(Br)c2n3)C=C4)cc(C(C)(C)C)c1. The van der Waals surface area contributed by atoms with Gasteiger partial charge in [0.25, 0.3) is 0 Å². The fraction of sp³-hybridized carbons (Fsp3) is 0.235. The summed E-state index contributed by atoms with van der Waals surface area (Å²) < 4.78 is 1.85. The number of hydrogen-bond donors (Lipinski definition) is 2. The minimum Gasteiger partial charge on any atom is -0.354 e. The van der Waals surface area contributed by atoms with Crippen LogP contribution in [0.15, 0.2) is 63.5 Å².